The number of benzene rings is 2. The molecule has 0 aliphatic heterocycles. The Kier molecular flexibility index (Phi) is 6.28. The smallest absolute Gasteiger partial charge is 0.119 e. The standard InChI is InChI=1S/C19H25NO2/c1-4-21-10-11-22-18-7-5-6-17(13-18)14-20-19-12-15(2)8-9-16(19)3/h5-9,12-13,20H,4,10-11,14H2,1-3H3. The summed E-state index contributed by atoms with van der Waals surface area (Å²) in [6.45, 7) is 8.94. The Morgan fingerprint density at radius 3 is 2.68 bits per heavy atom. The molecule has 0 saturated heterocycles. The highest BCUT2D eigenvalue weighted by Gasteiger charge is 2.01. The van der Waals surface area contributed by atoms with Crippen molar-refractivity contribution in [3.8, 4) is 5.75 Å². The minimum atomic E-state index is 0.585. The van der Waals surface area contributed by atoms with Crippen molar-refractivity contribution in [3.05, 3.63) is 59.2 Å². The van der Waals surface area contributed by atoms with Crippen molar-refractivity contribution in [2.24, 2.45) is 0 Å². The lowest BCUT2D eigenvalue weighted by Crippen LogP contribution is -2.07. The largest absolute Gasteiger partial charge is 0.491 e. The Labute approximate surface area is 133 Å². The van der Waals surface area contributed by atoms with Gasteiger partial charge in [-0.2, -0.15) is 0 Å². The van der Waals surface area contributed by atoms with Crippen LogP contribution < -0.4 is 10.1 Å². The first-order valence-electron chi connectivity index (χ1n) is 7.79. The predicted molar refractivity (Wildman–Crippen MR) is 91.7 cm³/mol. The van der Waals surface area contributed by atoms with Gasteiger partial charge in [-0.05, 0) is 55.7 Å². The SMILES string of the molecule is CCOCCOc1cccc(CNc2cc(C)ccc2C)c1. The van der Waals surface area contributed by atoms with E-state index >= 15 is 0 Å². The van der Waals surface area contributed by atoms with Crippen LogP contribution >= 0.6 is 0 Å². The van der Waals surface area contributed by atoms with E-state index in [1.165, 1.54) is 22.4 Å². The highest BCUT2D eigenvalue weighted by atomic mass is 16.5. The minimum absolute atomic E-state index is 0.585. The molecule has 0 spiro atoms. The van der Waals surface area contributed by atoms with Crippen molar-refractivity contribution in [2.75, 3.05) is 25.1 Å². The second-order valence-corrected chi connectivity index (χ2v) is 5.36. The zero-order chi connectivity index (χ0) is 15.8. The quantitative estimate of drug-likeness (QED) is 0.736. The van der Waals surface area contributed by atoms with Gasteiger partial charge >= 0.3 is 0 Å². The molecule has 3 heteroatoms. The maximum Gasteiger partial charge on any atom is 0.119 e. The van der Waals surface area contributed by atoms with Gasteiger partial charge in [-0.3, -0.25) is 0 Å². The first-order chi connectivity index (χ1) is 10.7. The van der Waals surface area contributed by atoms with Gasteiger partial charge in [0.05, 0.1) is 6.61 Å². The summed E-state index contributed by atoms with van der Waals surface area (Å²) in [4.78, 5) is 0. The Morgan fingerprint density at radius 2 is 1.86 bits per heavy atom. The molecule has 0 fully saturated rings. The van der Waals surface area contributed by atoms with E-state index < -0.39 is 0 Å². The van der Waals surface area contributed by atoms with Crippen LogP contribution in [-0.2, 0) is 11.3 Å². The van der Waals surface area contributed by atoms with Gasteiger partial charge < -0.3 is 14.8 Å². The lowest BCUT2D eigenvalue weighted by Gasteiger charge is -2.12. The topological polar surface area (TPSA) is 30.5 Å². The summed E-state index contributed by atoms with van der Waals surface area (Å²) in [5, 5.41) is 3.49. The fraction of sp³-hybridized carbons (Fsp3) is 0.368. The van der Waals surface area contributed by atoms with E-state index in [0.717, 1.165) is 18.9 Å². The molecule has 0 unspecified atom stereocenters. The van der Waals surface area contributed by atoms with Crippen molar-refractivity contribution in [3.63, 3.8) is 0 Å². The van der Waals surface area contributed by atoms with E-state index in [-0.39, 0.29) is 0 Å². The van der Waals surface area contributed by atoms with E-state index in [2.05, 4.69) is 49.5 Å². The lowest BCUT2D eigenvalue weighted by molar-refractivity contribution is 0.110. The van der Waals surface area contributed by atoms with Gasteiger partial charge in [-0.1, -0.05) is 24.3 Å². The summed E-state index contributed by atoms with van der Waals surface area (Å²) in [7, 11) is 0. The molecule has 2 aromatic carbocycles. The third kappa shape index (κ3) is 5.08. The van der Waals surface area contributed by atoms with E-state index in [1.54, 1.807) is 0 Å². The monoisotopic (exact) mass is 299 g/mol. The molecule has 118 valence electrons. The fourth-order valence-electron chi connectivity index (χ4n) is 2.23. The third-order valence-electron chi connectivity index (χ3n) is 3.48. The second-order valence-electron chi connectivity index (χ2n) is 5.36. The molecule has 0 radical (unpaired) electrons. The molecule has 0 bridgehead atoms. The molecule has 0 amide bonds. The van der Waals surface area contributed by atoms with Crippen LogP contribution in [-0.4, -0.2) is 19.8 Å². The van der Waals surface area contributed by atoms with Gasteiger partial charge in [-0.15, -0.1) is 0 Å². The predicted octanol–water partition coefficient (Wildman–Crippen LogP) is 4.33. The normalized spacial score (nSPS) is 10.5. The van der Waals surface area contributed by atoms with E-state index in [0.29, 0.717) is 13.2 Å². The Morgan fingerprint density at radius 1 is 1.00 bits per heavy atom. The zero-order valence-corrected chi connectivity index (χ0v) is 13.7. The lowest BCUT2D eigenvalue weighted by atomic mass is 10.1. The number of hydrogen-bond donors (Lipinski definition) is 1. The van der Waals surface area contributed by atoms with Gasteiger partial charge in [0.1, 0.15) is 12.4 Å². The fourth-order valence-corrected chi connectivity index (χ4v) is 2.23. The van der Waals surface area contributed by atoms with Crippen LogP contribution in [0.15, 0.2) is 42.5 Å². The molecule has 0 heterocycles. The summed E-state index contributed by atoms with van der Waals surface area (Å²) in [6.07, 6.45) is 0. The van der Waals surface area contributed by atoms with Gasteiger partial charge in [0.15, 0.2) is 0 Å². The van der Waals surface area contributed by atoms with E-state index in [4.69, 9.17) is 9.47 Å². The third-order valence-corrected chi connectivity index (χ3v) is 3.48. The number of anilines is 1. The Balaban J connectivity index is 1.91. The number of aryl methyl sites for hydroxylation is 2. The second kappa shape index (κ2) is 8.44. The van der Waals surface area contributed by atoms with Crippen molar-refractivity contribution < 1.29 is 9.47 Å². The zero-order valence-electron chi connectivity index (χ0n) is 13.7. The molecule has 2 rings (SSSR count). The average molecular weight is 299 g/mol. The average Bonchev–Trinajstić information content (AvgIpc) is 2.53. The summed E-state index contributed by atoms with van der Waals surface area (Å²) >= 11 is 0. The summed E-state index contributed by atoms with van der Waals surface area (Å²) in [5.41, 5.74) is 4.91. The summed E-state index contributed by atoms with van der Waals surface area (Å²) < 4.78 is 11.0. The van der Waals surface area contributed by atoms with Crippen LogP contribution in [0.4, 0.5) is 5.69 Å². The van der Waals surface area contributed by atoms with Crippen LogP contribution in [0.1, 0.15) is 23.6 Å². The molecule has 3 nitrogen and oxygen atoms in total. The first kappa shape index (κ1) is 16.4. The van der Waals surface area contributed by atoms with Gasteiger partial charge in [0.2, 0.25) is 0 Å². The van der Waals surface area contributed by atoms with Gasteiger partial charge in [-0.25, -0.2) is 0 Å². The maximum absolute atomic E-state index is 5.69. The van der Waals surface area contributed by atoms with Gasteiger partial charge in [0.25, 0.3) is 0 Å². The molecule has 0 saturated carbocycles. The molecule has 0 aliphatic carbocycles. The molecule has 1 N–H and O–H groups in total. The first-order valence-corrected chi connectivity index (χ1v) is 7.79. The van der Waals surface area contributed by atoms with E-state index in [1.807, 2.05) is 19.1 Å². The number of rotatable bonds is 8. The van der Waals surface area contributed by atoms with Crippen LogP contribution in [0.2, 0.25) is 0 Å². The van der Waals surface area contributed by atoms with Crippen molar-refractivity contribution >= 4 is 5.69 Å². The minimum Gasteiger partial charge on any atom is -0.491 e. The molecular weight excluding hydrogens is 274 g/mol. The molecule has 2 aromatic rings. The number of nitrogens with one attached hydrogen (secondary N) is 1. The molecule has 0 aromatic heterocycles. The number of hydrogen-bond acceptors (Lipinski definition) is 3. The molecular formula is C19H25NO2. The van der Waals surface area contributed by atoms with E-state index in [9.17, 15) is 0 Å². The Hall–Kier alpha value is -2.00. The van der Waals surface area contributed by atoms with Crippen LogP contribution in [0, 0.1) is 13.8 Å². The highest BCUT2D eigenvalue weighted by Crippen LogP contribution is 2.19. The van der Waals surface area contributed by atoms with Crippen molar-refractivity contribution in [1.82, 2.24) is 0 Å². The molecule has 0 aliphatic rings. The molecule has 22 heavy (non-hydrogen) atoms. The van der Waals surface area contributed by atoms with Crippen molar-refractivity contribution in [1.29, 1.82) is 0 Å². The van der Waals surface area contributed by atoms with Crippen LogP contribution in [0.3, 0.4) is 0 Å². The highest BCUT2D eigenvalue weighted by molar-refractivity contribution is 5.52. The van der Waals surface area contributed by atoms with Gasteiger partial charge in [0, 0.05) is 18.8 Å². The maximum atomic E-state index is 5.69. The van der Waals surface area contributed by atoms with Crippen LogP contribution in [0.5, 0.6) is 5.75 Å². The molecule has 0 atom stereocenters. The van der Waals surface area contributed by atoms with Crippen LogP contribution in [0.25, 0.3) is 0 Å². The number of ether oxygens (including phenoxy) is 2. The summed E-state index contributed by atoms with van der Waals surface area (Å²) in [6, 6.07) is 14.6. The summed E-state index contributed by atoms with van der Waals surface area (Å²) in [5.74, 6) is 0.889. The van der Waals surface area contributed by atoms with Crippen molar-refractivity contribution in [2.45, 2.75) is 27.3 Å². The Bertz CT molecular complexity index is 596.